The van der Waals surface area contributed by atoms with Crippen molar-refractivity contribution in [3.8, 4) is 0 Å². The maximum absolute atomic E-state index is 12.0. The van der Waals surface area contributed by atoms with Crippen LogP contribution in [0.25, 0.3) is 0 Å². The Hall–Kier alpha value is -1.66. The van der Waals surface area contributed by atoms with Crippen LogP contribution in [0, 0.1) is 11.8 Å². The van der Waals surface area contributed by atoms with Crippen molar-refractivity contribution in [2.24, 2.45) is 11.8 Å². The molecule has 0 saturated heterocycles. The fraction of sp³-hybridized carbons (Fsp3) is 0.864. The van der Waals surface area contributed by atoms with E-state index in [4.69, 9.17) is 9.47 Å². The van der Waals surface area contributed by atoms with Gasteiger partial charge in [-0.3, -0.25) is 9.59 Å². The van der Waals surface area contributed by atoms with Crippen LogP contribution in [0.15, 0.2) is 24.3 Å². The number of esters is 2. The number of aliphatic hydroxyl groups excluding tert-OH is 2. The Balaban J connectivity index is 3.52. The second-order valence-corrected chi connectivity index (χ2v) is 14.6. The van der Waals surface area contributed by atoms with Crippen LogP contribution in [0.5, 0.6) is 0 Å². The Labute approximate surface area is 309 Å². The highest BCUT2D eigenvalue weighted by molar-refractivity contribution is 5.69. The number of carbonyl (C=O) groups is 2. The monoisotopic (exact) mass is 707 g/mol. The fourth-order valence-electron chi connectivity index (χ4n) is 6.29. The van der Waals surface area contributed by atoms with Gasteiger partial charge < -0.3 is 19.7 Å². The van der Waals surface area contributed by atoms with Crippen LogP contribution in [-0.2, 0) is 19.1 Å². The van der Waals surface area contributed by atoms with Crippen LogP contribution in [0.4, 0.5) is 0 Å². The van der Waals surface area contributed by atoms with Crippen molar-refractivity contribution in [3.05, 3.63) is 24.3 Å². The smallest absolute Gasteiger partial charge is 0.305 e. The molecule has 2 atom stereocenters. The average Bonchev–Trinajstić information content (AvgIpc) is 3.12. The van der Waals surface area contributed by atoms with Gasteiger partial charge >= 0.3 is 11.9 Å². The van der Waals surface area contributed by atoms with Crippen molar-refractivity contribution in [3.63, 3.8) is 0 Å². The van der Waals surface area contributed by atoms with E-state index in [-0.39, 0.29) is 37.0 Å². The summed E-state index contributed by atoms with van der Waals surface area (Å²) in [6.07, 6.45) is 41.6. The minimum atomic E-state index is -0.0931. The lowest BCUT2D eigenvalue weighted by Crippen LogP contribution is -2.07. The molecule has 0 fully saturated rings. The summed E-state index contributed by atoms with van der Waals surface area (Å²) in [6, 6.07) is 0. The van der Waals surface area contributed by atoms with Crippen LogP contribution in [0.3, 0.4) is 0 Å². The summed E-state index contributed by atoms with van der Waals surface area (Å²) in [6.45, 7) is 5.91. The molecular formula is C44H82O6. The number of hydrogen-bond acceptors (Lipinski definition) is 6. The van der Waals surface area contributed by atoms with Crippen LogP contribution in [-0.4, -0.2) is 48.6 Å². The van der Waals surface area contributed by atoms with E-state index in [1.807, 2.05) is 0 Å². The molecule has 0 saturated carbocycles. The van der Waals surface area contributed by atoms with Gasteiger partial charge in [-0.15, -0.1) is 0 Å². The van der Waals surface area contributed by atoms with E-state index >= 15 is 0 Å². The molecule has 6 heteroatoms. The Bertz CT molecular complexity index is 714. The van der Waals surface area contributed by atoms with Gasteiger partial charge in [0, 0.05) is 26.1 Å². The zero-order valence-corrected chi connectivity index (χ0v) is 33.0. The molecule has 0 aliphatic carbocycles. The van der Waals surface area contributed by atoms with Crippen molar-refractivity contribution >= 4 is 11.9 Å². The first-order valence-corrected chi connectivity index (χ1v) is 21.4. The van der Waals surface area contributed by atoms with E-state index in [2.05, 4.69) is 38.2 Å². The number of carbonyl (C=O) groups excluding carboxylic acids is 2. The maximum Gasteiger partial charge on any atom is 0.305 e. The number of unbranched alkanes of at least 4 members (excludes halogenated alkanes) is 21. The Morgan fingerprint density at radius 1 is 0.460 bits per heavy atom. The summed E-state index contributed by atoms with van der Waals surface area (Å²) in [5.74, 6) is 0.381. The fourth-order valence-corrected chi connectivity index (χ4v) is 6.29. The van der Waals surface area contributed by atoms with Crippen LogP contribution in [0.2, 0.25) is 0 Å². The normalized spacial score (nSPS) is 13.0. The Kier molecular flexibility index (Phi) is 38.8. The number of ether oxygens (including phenoxy) is 2. The first kappa shape index (κ1) is 48.3. The van der Waals surface area contributed by atoms with Crippen molar-refractivity contribution in [2.45, 2.75) is 206 Å². The number of aliphatic hydroxyl groups is 2. The van der Waals surface area contributed by atoms with Crippen molar-refractivity contribution in [1.29, 1.82) is 0 Å². The van der Waals surface area contributed by atoms with E-state index in [1.54, 1.807) is 0 Å². The number of rotatable bonds is 39. The Morgan fingerprint density at radius 2 is 0.800 bits per heavy atom. The van der Waals surface area contributed by atoms with E-state index in [1.165, 1.54) is 64.2 Å². The molecule has 0 aromatic heterocycles. The van der Waals surface area contributed by atoms with Gasteiger partial charge in [0.05, 0.1) is 13.2 Å². The van der Waals surface area contributed by atoms with Crippen LogP contribution >= 0.6 is 0 Å². The van der Waals surface area contributed by atoms with Crippen molar-refractivity contribution < 1.29 is 29.3 Å². The lowest BCUT2D eigenvalue weighted by molar-refractivity contribution is -0.145. The van der Waals surface area contributed by atoms with Gasteiger partial charge in [0.25, 0.3) is 0 Å². The van der Waals surface area contributed by atoms with Gasteiger partial charge in [0.2, 0.25) is 0 Å². The highest BCUT2D eigenvalue weighted by atomic mass is 16.5. The first-order chi connectivity index (χ1) is 24.6. The molecule has 6 nitrogen and oxygen atoms in total. The van der Waals surface area contributed by atoms with Gasteiger partial charge in [-0.25, -0.2) is 0 Å². The molecule has 0 spiro atoms. The minimum absolute atomic E-state index is 0.0931. The molecule has 50 heavy (non-hydrogen) atoms. The first-order valence-electron chi connectivity index (χ1n) is 21.4. The van der Waals surface area contributed by atoms with Gasteiger partial charge in [0.15, 0.2) is 0 Å². The molecular weight excluding hydrogens is 624 g/mol. The summed E-state index contributed by atoms with van der Waals surface area (Å²) in [5, 5.41) is 19.3. The van der Waals surface area contributed by atoms with Gasteiger partial charge in [0.1, 0.15) is 0 Å². The minimum Gasteiger partial charge on any atom is -0.466 e. The second kappa shape index (κ2) is 40.1. The van der Waals surface area contributed by atoms with Crippen LogP contribution < -0.4 is 0 Å². The molecule has 2 N–H and O–H groups in total. The maximum atomic E-state index is 12.0. The third kappa shape index (κ3) is 36.1. The third-order valence-electron chi connectivity index (χ3n) is 9.71. The highest BCUT2D eigenvalue weighted by Gasteiger charge is 2.07. The molecule has 0 bridgehead atoms. The van der Waals surface area contributed by atoms with E-state index < -0.39 is 0 Å². The molecule has 0 heterocycles. The van der Waals surface area contributed by atoms with Crippen LogP contribution in [0.1, 0.15) is 206 Å². The predicted molar refractivity (Wildman–Crippen MR) is 211 cm³/mol. The lowest BCUT2D eigenvalue weighted by Gasteiger charge is -2.09. The zero-order chi connectivity index (χ0) is 36.6. The van der Waals surface area contributed by atoms with Crippen molar-refractivity contribution in [2.75, 3.05) is 26.4 Å². The number of allylic oxidation sites excluding steroid dienone is 2. The van der Waals surface area contributed by atoms with E-state index in [0.717, 1.165) is 116 Å². The average molecular weight is 707 g/mol. The third-order valence-corrected chi connectivity index (χ3v) is 9.71. The van der Waals surface area contributed by atoms with E-state index in [0.29, 0.717) is 26.1 Å². The summed E-state index contributed by atoms with van der Waals surface area (Å²) < 4.78 is 10.8. The quantitative estimate of drug-likeness (QED) is 0.0375. The topological polar surface area (TPSA) is 93.1 Å². The molecule has 2 unspecified atom stereocenters. The largest absolute Gasteiger partial charge is 0.466 e. The molecule has 0 aromatic carbocycles. The SMILES string of the molecule is CCCCCCC/C=C/C(CO)CCCCCCCC(=O)OCCCCCCOC(=O)CCCCCCCC(/C=C/CCCCCCC)CO. The zero-order valence-electron chi connectivity index (χ0n) is 33.0. The van der Waals surface area contributed by atoms with E-state index in [9.17, 15) is 19.8 Å². The summed E-state index contributed by atoms with van der Waals surface area (Å²) in [7, 11) is 0. The van der Waals surface area contributed by atoms with Crippen molar-refractivity contribution in [1.82, 2.24) is 0 Å². The number of hydrogen-bond donors (Lipinski definition) is 2. The summed E-state index contributed by atoms with van der Waals surface area (Å²) in [4.78, 5) is 24.0. The standard InChI is InChI=1S/C44H82O6/c1-3-5-7-9-11-15-23-31-41(39-45)33-25-17-13-19-27-35-43(47)49-37-29-21-22-30-38-50-44(48)36-28-20-14-18-26-34-42(40-46)32-24-16-12-10-8-6-4-2/h23-24,31-32,41-42,45-46H,3-22,25-30,33-40H2,1-2H3/b31-23+,32-24+. The second-order valence-electron chi connectivity index (χ2n) is 14.6. The molecule has 0 radical (unpaired) electrons. The predicted octanol–water partition coefficient (Wildman–Crippen LogP) is 12.1. The molecule has 294 valence electrons. The molecule has 0 aromatic rings. The lowest BCUT2D eigenvalue weighted by atomic mass is 9.99. The molecule has 0 aliphatic heterocycles. The molecule has 0 amide bonds. The molecule has 0 aliphatic rings. The molecule has 0 rings (SSSR count). The van der Waals surface area contributed by atoms with Gasteiger partial charge in [-0.2, -0.15) is 0 Å². The van der Waals surface area contributed by atoms with Gasteiger partial charge in [-0.1, -0.05) is 141 Å². The highest BCUT2D eigenvalue weighted by Crippen LogP contribution is 2.16. The summed E-state index contributed by atoms with van der Waals surface area (Å²) in [5.41, 5.74) is 0. The van der Waals surface area contributed by atoms with Gasteiger partial charge in [-0.05, 0) is 88.9 Å². The Morgan fingerprint density at radius 3 is 1.20 bits per heavy atom. The summed E-state index contributed by atoms with van der Waals surface area (Å²) >= 11 is 0.